The van der Waals surface area contributed by atoms with Crippen LogP contribution in [0.2, 0.25) is 0 Å². The van der Waals surface area contributed by atoms with Gasteiger partial charge in [0.1, 0.15) is 5.75 Å². The topological polar surface area (TPSA) is 50.4 Å². The molecule has 1 aromatic rings. The summed E-state index contributed by atoms with van der Waals surface area (Å²) in [6, 6.07) is 5.91. The van der Waals surface area contributed by atoms with E-state index in [2.05, 4.69) is 31.4 Å². The third-order valence-electron chi connectivity index (χ3n) is 3.06. The first-order valence-electron chi connectivity index (χ1n) is 6.70. The maximum Gasteiger partial charge on any atom is 0.262 e. The molecule has 0 aromatic heterocycles. The Labute approximate surface area is 114 Å². The van der Waals surface area contributed by atoms with Crippen LogP contribution in [0.5, 0.6) is 5.75 Å². The number of hydrogen-bond acceptors (Lipinski definition) is 3. The van der Waals surface area contributed by atoms with Crippen molar-refractivity contribution in [1.29, 1.82) is 0 Å². The molecule has 2 N–H and O–H groups in total. The van der Waals surface area contributed by atoms with Gasteiger partial charge in [0, 0.05) is 6.54 Å². The molecule has 0 atom stereocenters. The number of anilines is 1. The van der Waals surface area contributed by atoms with Crippen molar-refractivity contribution in [1.82, 2.24) is 5.32 Å². The van der Waals surface area contributed by atoms with E-state index in [0.29, 0.717) is 5.41 Å². The first-order valence-corrected chi connectivity index (χ1v) is 6.70. The van der Waals surface area contributed by atoms with Crippen LogP contribution in [0.3, 0.4) is 0 Å². The van der Waals surface area contributed by atoms with Crippen molar-refractivity contribution < 1.29 is 9.53 Å². The molecule has 1 aliphatic rings. The molecule has 0 aliphatic carbocycles. The number of hydrogen-bond donors (Lipinski definition) is 2. The predicted molar refractivity (Wildman–Crippen MR) is 76.3 cm³/mol. The average Bonchev–Trinajstić information content (AvgIpc) is 2.33. The molecule has 1 amide bonds. The highest BCUT2D eigenvalue weighted by Crippen LogP contribution is 2.28. The van der Waals surface area contributed by atoms with E-state index in [1.807, 2.05) is 18.2 Å². The van der Waals surface area contributed by atoms with Crippen LogP contribution in [0.15, 0.2) is 18.2 Å². The minimum atomic E-state index is -0.0923. The average molecular weight is 262 g/mol. The largest absolute Gasteiger partial charge is 0.482 e. The molecule has 4 nitrogen and oxygen atoms in total. The monoisotopic (exact) mass is 262 g/mol. The number of carbonyl (C=O) groups is 1. The Kier molecular flexibility index (Phi) is 4.10. The summed E-state index contributed by atoms with van der Waals surface area (Å²) in [6.45, 7) is 8.61. The van der Waals surface area contributed by atoms with Crippen molar-refractivity contribution in [2.75, 3.05) is 18.5 Å². The van der Waals surface area contributed by atoms with Gasteiger partial charge in [0.05, 0.1) is 5.69 Å². The highest BCUT2D eigenvalue weighted by atomic mass is 16.5. The van der Waals surface area contributed by atoms with Crippen molar-refractivity contribution in [2.45, 2.75) is 33.7 Å². The second-order valence-corrected chi connectivity index (χ2v) is 6.15. The first-order chi connectivity index (χ1) is 8.94. The second-order valence-electron chi connectivity index (χ2n) is 6.15. The van der Waals surface area contributed by atoms with Crippen LogP contribution in [0.25, 0.3) is 0 Å². The van der Waals surface area contributed by atoms with Crippen LogP contribution in [0, 0.1) is 5.41 Å². The summed E-state index contributed by atoms with van der Waals surface area (Å²) in [5, 5.41) is 6.25. The fourth-order valence-corrected chi connectivity index (χ4v) is 1.94. The van der Waals surface area contributed by atoms with Crippen molar-refractivity contribution in [3.63, 3.8) is 0 Å². The van der Waals surface area contributed by atoms with Gasteiger partial charge in [0.15, 0.2) is 6.61 Å². The third kappa shape index (κ3) is 4.24. The number of benzene rings is 1. The van der Waals surface area contributed by atoms with Crippen molar-refractivity contribution in [3.05, 3.63) is 23.8 Å². The summed E-state index contributed by atoms with van der Waals surface area (Å²) in [5.41, 5.74) is 2.27. The van der Waals surface area contributed by atoms with E-state index in [9.17, 15) is 4.79 Å². The molecule has 4 heteroatoms. The molecule has 1 heterocycles. The Morgan fingerprint density at radius 2 is 2.16 bits per heavy atom. The van der Waals surface area contributed by atoms with Gasteiger partial charge >= 0.3 is 0 Å². The Morgan fingerprint density at radius 1 is 1.37 bits per heavy atom. The number of ether oxygens (including phenoxy) is 1. The molecular formula is C15H22N2O2. The van der Waals surface area contributed by atoms with Crippen molar-refractivity contribution in [3.8, 4) is 5.75 Å². The highest BCUT2D eigenvalue weighted by molar-refractivity contribution is 5.95. The molecule has 2 rings (SSSR count). The Morgan fingerprint density at radius 3 is 2.89 bits per heavy atom. The van der Waals surface area contributed by atoms with Crippen LogP contribution >= 0.6 is 0 Å². The standard InChI is InChI=1S/C15H22N2O2/c1-15(2,3)6-7-16-9-11-4-5-13-12(8-11)17-14(18)10-19-13/h4-5,8,16H,6-7,9-10H2,1-3H3,(H,17,18). The Balaban J connectivity index is 1.88. The van der Waals surface area contributed by atoms with Gasteiger partial charge in [0.25, 0.3) is 5.91 Å². The number of rotatable bonds is 4. The quantitative estimate of drug-likeness (QED) is 0.820. The van der Waals surface area contributed by atoms with E-state index in [1.165, 1.54) is 0 Å². The van der Waals surface area contributed by atoms with Crippen molar-refractivity contribution >= 4 is 11.6 Å². The van der Waals surface area contributed by atoms with Gasteiger partial charge in [-0.25, -0.2) is 0 Å². The summed E-state index contributed by atoms with van der Waals surface area (Å²) in [4.78, 5) is 11.3. The molecule has 19 heavy (non-hydrogen) atoms. The van der Waals surface area contributed by atoms with Crippen LogP contribution in [-0.4, -0.2) is 19.1 Å². The zero-order chi connectivity index (χ0) is 13.9. The lowest BCUT2D eigenvalue weighted by atomic mass is 9.92. The zero-order valence-corrected chi connectivity index (χ0v) is 11.9. The lowest BCUT2D eigenvalue weighted by molar-refractivity contribution is -0.118. The van der Waals surface area contributed by atoms with E-state index in [0.717, 1.165) is 36.5 Å². The summed E-state index contributed by atoms with van der Waals surface area (Å²) < 4.78 is 5.33. The highest BCUT2D eigenvalue weighted by Gasteiger charge is 2.15. The lowest BCUT2D eigenvalue weighted by Gasteiger charge is -2.20. The SMILES string of the molecule is CC(C)(C)CCNCc1ccc2c(c1)NC(=O)CO2. The minimum absolute atomic E-state index is 0.0923. The van der Waals surface area contributed by atoms with E-state index < -0.39 is 0 Å². The molecule has 0 saturated carbocycles. The molecule has 0 saturated heterocycles. The van der Waals surface area contributed by atoms with E-state index >= 15 is 0 Å². The molecule has 0 unspecified atom stereocenters. The lowest BCUT2D eigenvalue weighted by Crippen LogP contribution is -2.25. The second kappa shape index (κ2) is 5.61. The molecule has 1 aliphatic heterocycles. The van der Waals surface area contributed by atoms with Gasteiger partial charge in [-0.3, -0.25) is 4.79 Å². The zero-order valence-electron chi connectivity index (χ0n) is 11.9. The van der Waals surface area contributed by atoms with Crippen LogP contribution in [0.1, 0.15) is 32.8 Å². The van der Waals surface area contributed by atoms with E-state index in [1.54, 1.807) is 0 Å². The van der Waals surface area contributed by atoms with Gasteiger partial charge < -0.3 is 15.4 Å². The molecule has 104 valence electrons. The van der Waals surface area contributed by atoms with Gasteiger partial charge in [0.2, 0.25) is 0 Å². The van der Waals surface area contributed by atoms with Crippen molar-refractivity contribution in [2.24, 2.45) is 5.41 Å². The Hall–Kier alpha value is -1.55. The van der Waals surface area contributed by atoms with E-state index in [-0.39, 0.29) is 12.5 Å². The smallest absolute Gasteiger partial charge is 0.262 e. The van der Waals surface area contributed by atoms with Crippen LogP contribution in [-0.2, 0) is 11.3 Å². The predicted octanol–water partition coefficient (Wildman–Crippen LogP) is 2.54. The maximum atomic E-state index is 11.3. The third-order valence-corrected chi connectivity index (χ3v) is 3.06. The molecular weight excluding hydrogens is 240 g/mol. The summed E-state index contributed by atoms with van der Waals surface area (Å²) >= 11 is 0. The summed E-state index contributed by atoms with van der Waals surface area (Å²) in [7, 11) is 0. The number of amides is 1. The molecule has 0 bridgehead atoms. The fourth-order valence-electron chi connectivity index (χ4n) is 1.94. The van der Waals surface area contributed by atoms with Gasteiger partial charge in [-0.05, 0) is 36.1 Å². The number of fused-ring (bicyclic) bond motifs is 1. The van der Waals surface area contributed by atoms with Gasteiger partial charge in [-0.1, -0.05) is 26.8 Å². The normalized spacial score (nSPS) is 14.6. The van der Waals surface area contributed by atoms with Gasteiger partial charge in [-0.15, -0.1) is 0 Å². The van der Waals surface area contributed by atoms with E-state index in [4.69, 9.17) is 4.74 Å². The van der Waals surface area contributed by atoms with Crippen LogP contribution in [0.4, 0.5) is 5.69 Å². The number of carbonyl (C=O) groups excluding carboxylic acids is 1. The van der Waals surface area contributed by atoms with Crippen LogP contribution < -0.4 is 15.4 Å². The molecule has 0 radical (unpaired) electrons. The minimum Gasteiger partial charge on any atom is -0.482 e. The molecule has 0 spiro atoms. The summed E-state index contributed by atoms with van der Waals surface area (Å²) in [5.74, 6) is 0.656. The maximum absolute atomic E-state index is 11.3. The summed E-state index contributed by atoms with van der Waals surface area (Å²) in [6.07, 6.45) is 1.14. The molecule has 1 aromatic carbocycles. The Bertz CT molecular complexity index is 464. The molecule has 0 fully saturated rings. The first kappa shape index (κ1) is 13.9. The van der Waals surface area contributed by atoms with Gasteiger partial charge in [-0.2, -0.15) is 0 Å². The number of nitrogens with one attached hydrogen (secondary N) is 2. The fraction of sp³-hybridized carbons (Fsp3) is 0.533.